The zero-order valence-electron chi connectivity index (χ0n) is 17.9. The van der Waals surface area contributed by atoms with E-state index in [-0.39, 0.29) is 29.9 Å². The molecule has 0 atom stereocenters. The van der Waals surface area contributed by atoms with Crippen molar-refractivity contribution in [1.29, 1.82) is 0 Å². The molecule has 10 heteroatoms. The van der Waals surface area contributed by atoms with E-state index < -0.39 is 0 Å². The first-order valence-corrected chi connectivity index (χ1v) is 10.1. The van der Waals surface area contributed by atoms with Crippen LogP contribution in [0.4, 0.5) is 0 Å². The first kappa shape index (κ1) is 25.6. The van der Waals surface area contributed by atoms with Gasteiger partial charge in [0.2, 0.25) is 5.91 Å². The predicted molar refractivity (Wildman–Crippen MR) is 126 cm³/mol. The average Bonchev–Trinajstić information content (AvgIpc) is 3.10. The van der Waals surface area contributed by atoms with Gasteiger partial charge in [0.25, 0.3) is 0 Å². The summed E-state index contributed by atoms with van der Waals surface area (Å²) in [6.07, 6.45) is 6.06. The van der Waals surface area contributed by atoms with Gasteiger partial charge in [0.15, 0.2) is 5.96 Å². The van der Waals surface area contributed by atoms with Crippen LogP contribution in [0.2, 0.25) is 0 Å². The molecule has 1 aromatic heterocycles. The largest absolute Gasteiger partial charge is 0.383 e. The van der Waals surface area contributed by atoms with Crippen LogP contribution in [0, 0.1) is 6.92 Å². The summed E-state index contributed by atoms with van der Waals surface area (Å²) in [5.74, 6) is 2.07. The molecule has 0 bridgehead atoms. The molecule has 0 aliphatic carbocycles. The Kier molecular flexibility index (Phi) is 12.9. The summed E-state index contributed by atoms with van der Waals surface area (Å²) in [6.45, 7) is 8.95. The van der Waals surface area contributed by atoms with Crippen LogP contribution >= 0.6 is 24.0 Å². The molecule has 0 radical (unpaired) electrons. The fraction of sp³-hybridized carbons (Fsp3) is 0.737. The van der Waals surface area contributed by atoms with Crippen LogP contribution in [0.15, 0.2) is 17.4 Å². The second-order valence-electron chi connectivity index (χ2n) is 6.95. The molecule has 29 heavy (non-hydrogen) atoms. The Balaban J connectivity index is 0.00000420. The van der Waals surface area contributed by atoms with Crippen LogP contribution in [-0.4, -0.2) is 97.8 Å². The van der Waals surface area contributed by atoms with Crippen LogP contribution in [0.5, 0.6) is 0 Å². The molecule has 1 aromatic rings. The third kappa shape index (κ3) is 9.30. The van der Waals surface area contributed by atoms with Gasteiger partial charge in [-0.15, -0.1) is 24.0 Å². The van der Waals surface area contributed by atoms with Crippen molar-refractivity contribution in [3.8, 4) is 0 Å². The number of piperazine rings is 1. The molecule has 1 amide bonds. The molecule has 2 rings (SSSR count). The molecule has 166 valence electrons. The number of hydrogen-bond acceptors (Lipinski definition) is 5. The SMILES string of the molecule is CN=C(NCCCCn1ccnc1C)N1CCN(CC(=O)NCCOC)CC1.I. The molecule has 9 nitrogen and oxygen atoms in total. The van der Waals surface area contributed by atoms with Crippen molar-refractivity contribution in [3.05, 3.63) is 18.2 Å². The molecular weight excluding hydrogens is 485 g/mol. The van der Waals surface area contributed by atoms with Gasteiger partial charge in [0.05, 0.1) is 13.2 Å². The zero-order valence-corrected chi connectivity index (χ0v) is 20.2. The number of guanidine groups is 1. The Labute approximate surface area is 191 Å². The maximum atomic E-state index is 11.9. The summed E-state index contributed by atoms with van der Waals surface area (Å²) < 4.78 is 7.13. The fourth-order valence-electron chi connectivity index (χ4n) is 3.25. The molecule has 1 fully saturated rings. The minimum absolute atomic E-state index is 0. The Hall–Kier alpha value is -1.40. The topological polar surface area (TPSA) is 87.0 Å². The third-order valence-corrected chi connectivity index (χ3v) is 4.91. The number of methoxy groups -OCH3 is 1. The molecule has 0 saturated carbocycles. The van der Waals surface area contributed by atoms with E-state index in [0.29, 0.717) is 19.7 Å². The van der Waals surface area contributed by atoms with Crippen molar-refractivity contribution in [1.82, 2.24) is 30.0 Å². The Morgan fingerprint density at radius 2 is 1.97 bits per heavy atom. The van der Waals surface area contributed by atoms with Gasteiger partial charge in [-0.05, 0) is 19.8 Å². The summed E-state index contributed by atoms with van der Waals surface area (Å²) >= 11 is 0. The van der Waals surface area contributed by atoms with Gasteiger partial charge in [-0.3, -0.25) is 14.7 Å². The Morgan fingerprint density at radius 3 is 2.59 bits per heavy atom. The molecule has 1 saturated heterocycles. The van der Waals surface area contributed by atoms with Gasteiger partial charge in [-0.2, -0.15) is 0 Å². The quantitative estimate of drug-likeness (QED) is 0.203. The van der Waals surface area contributed by atoms with E-state index in [0.717, 1.165) is 63.9 Å². The van der Waals surface area contributed by atoms with Crippen molar-refractivity contribution in [2.24, 2.45) is 4.99 Å². The number of imidazole rings is 1. The highest BCUT2D eigenvalue weighted by molar-refractivity contribution is 14.0. The number of rotatable bonds is 10. The normalized spacial score (nSPS) is 15.1. The van der Waals surface area contributed by atoms with E-state index in [2.05, 4.69) is 35.0 Å². The fourth-order valence-corrected chi connectivity index (χ4v) is 3.25. The summed E-state index contributed by atoms with van der Waals surface area (Å²) in [5.41, 5.74) is 0. The molecular formula is C19H36IN7O2. The zero-order chi connectivity index (χ0) is 20.2. The number of amides is 1. The molecule has 2 heterocycles. The van der Waals surface area contributed by atoms with Crippen molar-refractivity contribution < 1.29 is 9.53 Å². The number of halogens is 1. The van der Waals surface area contributed by atoms with Gasteiger partial charge in [0, 0.05) is 72.4 Å². The first-order valence-electron chi connectivity index (χ1n) is 10.1. The molecule has 0 unspecified atom stereocenters. The molecule has 1 aliphatic rings. The Morgan fingerprint density at radius 1 is 1.21 bits per heavy atom. The van der Waals surface area contributed by atoms with Gasteiger partial charge in [0.1, 0.15) is 5.82 Å². The highest BCUT2D eigenvalue weighted by atomic mass is 127. The number of nitrogens with zero attached hydrogens (tertiary/aromatic N) is 5. The Bertz CT molecular complexity index is 615. The number of aliphatic imine (C=N–C) groups is 1. The smallest absolute Gasteiger partial charge is 0.234 e. The molecule has 2 N–H and O–H groups in total. The second-order valence-corrected chi connectivity index (χ2v) is 6.95. The second kappa shape index (κ2) is 14.6. The minimum Gasteiger partial charge on any atom is -0.383 e. The van der Waals surface area contributed by atoms with Crippen LogP contribution in [-0.2, 0) is 16.1 Å². The lowest BCUT2D eigenvalue weighted by Crippen LogP contribution is -2.54. The van der Waals surface area contributed by atoms with E-state index in [1.54, 1.807) is 7.11 Å². The number of carbonyl (C=O) groups is 1. The van der Waals surface area contributed by atoms with E-state index in [4.69, 9.17) is 4.74 Å². The summed E-state index contributed by atoms with van der Waals surface area (Å²) in [7, 11) is 3.46. The number of hydrogen-bond donors (Lipinski definition) is 2. The number of aryl methyl sites for hydroxylation is 2. The van der Waals surface area contributed by atoms with Crippen molar-refractivity contribution >= 4 is 35.8 Å². The van der Waals surface area contributed by atoms with Gasteiger partial charge >= 0.3 is 0 Å². The van der Waals surface area contributed by atoms with Gasteiger partial charge in [-0.25, -0.2) is 4.98 Å². The van der Waals surface area contributed by atoms with E-state index in [1.807, 2.05) is 26.4 Å². The lowest BCUT2D eigenvalue weighted by Gasteiger charge is -2.36. The van der Waals surface area contributed by atoms with Crippen molar-refractivity contribution in [3.63, 3.8) is 0 Å². The lowest BCUT2D eigenvalue weighted by molar-refractivity contribution is -0.122. The summed E-state index contributed by atoms with van der Waals surface area (Å²) in [6, 6.07) is 0. The summed E-state index contributed by atoms with van der Waals surface area (Å²) in [5, 5.41) is 6.33. The van der Waals surface area contributed by atoms with Gasteiger partial charge < -0.3 is 24.8 Å². The van der Waals surface area contributed by atoms with Gasteiger partial charge in [-0.1, -0.05) is 0 Å². The number of nitrogens with one attached hydrogen (secondary N) is 2. The van der Waals surface area contributed by atoms with Crippen LogP contribution in [0.1, 0.15) is 18.7 Å². The third-order valence-electron chi connectivity index (χ3n) is 4.91. The van der Waals surface area contributed by atoms with Crippen LogP contribution < -0.4 is 10.6 Å². The first-order chi connectivity index (χ1) is 13.6. The average molecular weight is 521 g/mol. The van der Waals surface area contributed by atoms with E-state index in [9.17, 15) is 4.79 Å². The minimum atomic E-state index is 0. The molecule has 0 spiro atoms. The number of unbranched alkanes of at least 4 members (excludes halogenated alkanes) is 1. The highest BCUT2D eigenvalue weighted by Gasteiger charge is 2.20. The molecule has 0 aromatic carbocycles. The molecule has 1 aliphatic heterocycles. The maximum absolute atomic E-state index is 11.9. The number of ether oxygens (including phenoxy) is 1. The van der Waals surface area contributed by atoms with Crippen LogP contribution in [0.25, 0.3) is 0 Å². The standard InChI is InChI=1S/C19H35N7O2.HI/c1-17-21-7-10-25(17)9-5-4-6-23-19(20-2)26-13-11-24(12-14-26)16-18(27)22-8-15-28-3;/h7,10H,4-6,8-9,11-16H2,1-3H3,(H,20,23)(H,22,27);1H. The van der Waals surface area contributed by atoms with Crippen molar-refractivity contribution in [2.45, 2.75) is 26.3 Å². The monoisotopic (exact) mass is 521 g/mol. The number of carbonyl (C=O) groups excluding carboxylic acids is 1. The van der Waals surface area contributed by atoms with E-state index >= 15 is 0 Å². The van der Waals surface area contributed by atoms with Crippen molar-refractivity contribution in [2.75, 3.05) is 66.6 Å². The lowest BCUT2D eigenvalue weighted by atomic mass is 10.3. The maximum Gasteiger partial charge on any atom is 0.234 e. The predicted octanol–water partition coefficient (Wildman–Crippen LogP) is 0.545. The highest BCUT2D eigenvalue weighted by Crippen LogP contribution is 2.03. The van der Waals surface area contributed by atoms with Crippen LogP contribution in [0.3, 0.4) is 0 Å². The summed E-state index contributed by atoms with van der Waals surface area (Å²) in [4.78, 5) is 25.0. The number of aromatic nitrogens is 2. The van der Waals surface area contributed by atoms with E-state index in [1.165, 1.54) is 0 Å².